The fourth-order valence-electron chi connectivity index (χ4n) is 3.24. The van der Waals surface area contributed by atoms with E-state index in [1.165, 1.54) is 23.3 Å². The van der Waals surface area contributed by atoms with Crippen molar-refractivity contribution in [3.05, 3.63) is 64.8 Å². The van der Waals surface area contributed by atoms with E-state index in [1.807, 2.05) is 0 Å². The number of hydrogen-bond acceptors (Lipinski definition) is 6. The van der Waals surface area contributed by atoms with E-state index in [9.17, 15) is 27.7 Å². The zero-order valence-corrected chi connectivity index (χ0v) is 15.9. The van der Waals surface area contributed by atoms with Crippen LogP contribution in [0.4, 0.5) is 24.5 Å². The first kappa shape index (κ1) is 20.3. The summed E-state index contributed by atoms with van der Waals surface area (Å²) in [7, 11) is 1.61. The number of amides is 2. The molecule has 0 spiro atoms. The molecule has 3 heterocycles. The maximum absolute atomic E-state index is 13.1. The van der Waals surface area contributed by atoms with Crippen molar-refractivity contribution in [1.29, 1.82) is 0 Å². The van der Waals surface area contributed by atoms with Crippen LogP contribution in [0.1, 0.15) is 32.7 Å². The van der Waals surface area contributed by atoms with Crippen LogP contribution in [0.5, 0.6) is 0 Å². The Kier molecular flexibility index (Phi) is 4.79. The van der Waals surface area contributed by atoms with E-state index in [0.29, 0.717) is 0 Å². The highest BCUT2D eigenvalue weighted by Crippen LogP contribution is 2.34. The van der Waals surface area contributed by atoms with Gasteiger partial charge >= 0.3 is 6.18 Å². The predicted octanol–water partition coefficient (Wildman–Crippen LogP) is 2.81. The van der Waals surface area contributed by atoms with Crippen molar-refractivity contribution < 1.29 is 22.8 Å². The van der Waals surface area contributed by atoms with Crippen LogP contribution >= 0.6 is 0 Å². The van der Waals surface area contributed by atoms with E-state index >= 15 is 0 Å². The van der Waals surface area contributed by atoms with Gasteiger partial charge in [0.15, 0.2) is 5.69 Å². The molecule has 1 N–H and O–H groups in total. The summed E-state index contributed by atoms with van der Waals surface area (Å²) in [6.07, 6.45) is -1.70. The molecule has 0 fully saturated rings. The monoisotopic (exact) mass is 433 g/mol. The number of hydrogen-bond donors (Lipinski definition) is 1. The van der Waals surface area contributed by atoms with Crippen LogP contribution in [-0.4, -0.2) is 37.7 Å². The SMILES string of the molecule is Cn1cncc1C(=O)Nc1cnn2c1C(=O)N(c1ccc(C(F)(F)F)cc1)C[C@@H]2N=O. The summed E-state index contributed by atoms with van der Waals surface area (Å²) >= 11 is 0. The summed E-state index contributed by atoms with van der Waals surface area (Å²) in [4.78, 5) is 41.9. The molecule has 1 atom stereocenters. The molecular weight excluding hydrogens is 419 g/mol. The van der Waals surface area contributed by atoms with Gasteiger partial charge in [0.05, 0.1) is 36.5 Å². The average molecular weight is 433 g/mol. The number of halogens is 3. The average Bonchev–Trinajstić information content (AvgIpc) is 3.34. The van der Waals surface area contributed by atoms with Crippen LogP contribution in [0.3, 0.4) is 0 Å². The number of anilines is 2. The summed E-state index contributed by atoms with van der Waals surface area (Å²) in [5.74, 6) is -1.22. The molecule has 0 bridgehead atoms. The van der Waals surface area contributed by atoms with Crippen LogP contribution in [0.25, 0.3) is 0 Å². The molecular formula is C18H14F3N7O3. The molecule has 3 aromatic rings. The van der Waals surface area contributed by atoms with Crippen molar-refractivity contribution in [1.82, 2.24) is 19.3 Å². The lowest BCUT2D eigenvalue weighted by Gasteiger charge is -2.30. The number of nitrogens with one attached hydrogen (secondary N) is 1. The number of carbonyl (C=O) groups excluding carboxylic acids is 2. The van der Waals surface area contributed by atoms with Gasteiger partial charge in [-0.2, -0.15) is 18.3 Å². The van der Waals surface area contributed by atoms with E-state index in [-0.39, 0.29) is 29.3 Å². The highest BCUT2D eigenvalue weighted by atomic mass is 19.4. The van der Waals surface area contributed by atoms with E-state index in [2.05, 4.69) is 20.6 Å². The largest absolute Gasteiger partial charge is 0.416 e. The number of rotatable bonds is 4. The predicted molar refractivity (Wildman–Crippen MR) is 101 cm³/mol. The van der Waals surface area contributed by atoms with Gasteiger partial charge in [0, 0.05) is 12.7 Å². The van der Waals surface area contributed by atoms with Crippen molar-refractivity contribution >= 4 is 23.2 Å². The van der Waals surface area contributed by atoms with Crippen molar-refractivity contribution in [3.8, 4) is 0 Å². The van der Waals surface area contributed by atoms with Crippen molar-refractivity contribution in [2.45, 2.75) is 12.3 Å². The highest BCUT2D eigenvalue weighted by molar-refractivity contribution is 6.12. The molecule has 1 aliphatic rings. The van der Waals surface area contributed by atoms with Crippen LogP contribution in [-0.2, 0) is 13.2 Å². The van der Waals surface area contributed by atoms with Crippen molar-refractivity contribution in [2.75, 3.05) is 16.8 Å². The molecule has 0 aliphatic carbocycles. The molecule has 10 nitrogen and oxygen atoms in total. The van der Waals surface area contributed by atoms with Gasteiger partial charge in [0.2, 0.25) is 6.17 Å². The summed E-state index contributed by atoms with van der Waals surface area (Å²) in [6, 6.07) is 3.93. The molecule has 1 aliphatic heterocycles. The molecule has 2 aromatic heterocycles. The van der Waals surface area contributed by atoms with Gasteiger partial charge in [-0.1, -0.05) is 0 Å². The molecule has 1 aromatic carbocycles. The third-order valence-corrected chi connectivity index (χ3v) is 4.80. The maximum atomic E-state index is 13.1. The fraction of sp³-hybridized carbons (Fsp3) is 0.222. The Labute approximate surface area is 172 Å². The lowest BCUT2D eigenvalue weighted by molar-refractivity contribution is -0.137. The second kappa shape index (κ2) is 7.34. The van der Waals surface area contributed by atoms with E-state index in [1.54, 1.807) is 7.05 Å². The van der Waals surface area contributed by atoms with Gasteiger partial charge in [0.1, 0.15) is 5.69 Å². The Bertz CT molecular complexity index is 1170. The molecule has 0 unspecified atom stereocenters. The molecule has 0 saturated heterocycles. The molecule has 0 saturated carbocycles. The lowest BCUT2D eigenvalue weighted by Crippen LogP contribution is -2.43. The Morgan fingerprint density at radius 1 is 1.23 bits per heavy atom. The second-order valence-corrected chi connectivity index (χ2v) is 6.74. The zero-order chi connectivity index (χ0) is 22.3. The minimum atomic E-state index is -4.53. The quantitative estimate of drug-likeness (QED) is 0.636. The van der Waals surface area contributed by atoms with Crippen LogP contribution in [0, 0.1) is 4.91 Å². The topological polar surface area (TPSA) is 114 Å². The van der Waals surface area contributed by atoms with Gasteiger partial charge in [0.25, 0.3) is 11.8 Å². The number of nitrogens with zero attached hydrogens (tertiary/aromatic N) is 6. The van der Waals surface area contributed by atoms with Crippen LogP contribution in [0.15, 0.2) is 48.2 Å². The Morgan fingerprint density at radius 3 is 2.52 bits per heavy atom. The zero-order valence-electron chi connectivity index (χ0n) is 15.9. The molecule has 0 radical (unpaired) electrons. The molecule has 4 rings (SSSR count). The number of carbonyl (C=O) groups is 2. The fourth-order valence-corrected chi connectivity index (χ4v) is 3.24. The minimum Gasteiger partial charge on any atom is -0.330 e. The van der Waals surface area contributed by atoms with Gasteiger partial charge in [-0.05, 0) is 29.4 Å². The Balaban J connectivity index is 1.68. The third-order valence-electron chi connectivity index (χ3n) is 4.80. The van der Waals surface area contributed by atoms with Crippen LogP contribution in [0.2, 0.25) is 0 Å². The number of nitroso groups, excluding NO2 is 1. The molecule has 31 heavy (non-hydrogen) atoms. The second-order valence-electron chi connectivity index (χ2n) is 6.74. The summed E-state index contributed by atoms with van der Waals surface area (Å²) < 4.78 is 41.1. The van der Waals surface area contributed by atoms with E-state index in [0.717, 1.165) is 33.8 Å². The molecule has 13 heteroatoms. The summed E-state index contributed by atoms with van der Waals surface area (Å²) in [5.41, 5.74) is -0.608. The number of fused-ring (bicyclic) bond motifs is 1. The normalized spacial score (nSPS) is 16.2. The molecule has 2 amide bonds. The van der Waals surface area contributed by atoms with Crippen molar-refractivity contribution in [2.24, 2.45) is 12.2 Å². The molecule has 160 valence electrons. The maximum Gasteiger partial charge on any atom is 0.416 e. The number of aromatic nitrogens is 4. The minimum absolute atomic E-state index is 0.0291. The Morgan fingerprint density at radius 2 is 1.94 bits per heavy atom. The van der Waals surface area contributed by atoms with Gasteiger partial charge in [-0.15, -0.1) is 4.91 Å². The van der Waals surface area contributed by atoms with Gasteiger partial charge in [-0.3, -0.25) is 9.59 Å². The first-order valence-electron chi connectivity index (χ1n) is 8.87. The number of benzene rings is 1. The van der Waals surface area contributed by atoms with E-state index < -0.39 is 29.7 Å². The Hall–Kier alpha value is -4.03. The lowest BCUT2D eigenvalue weighted by atomic mass is 10.1. The summed E-state index contributed by atoms with van der Waals surface area (Å²) in [6.45, 7) is -0.225. The first-order valence-corrected chi connectivity index (χ1v) is 8.87. The van der Waals surface area contributed by atoms with Crippen molar-refractivity contribution in [3.63, 3.8) is 0 Å². The van der Waals surface area contributed by atoms with E-state index in [4.69, 9.17) is 0 Å². The standard InChI is InChI=1S/C18H14F3N7O3/c1-26-9-22-7-13(26)16(29)24-12-6-23-28-14(25-31)8-27(17(30)15(12)28)11-4-2-10(3-5-11)18(19,20)21/h2-7,9,14H,8H2,1H3,(H,24,29)/t14-/m1/s1. The number of imidazole rings is 1. The van der Waals surface area contributed by atoms with Gasteiger partial charge in [-0.25, -0.2) is 9.67 Å². The van der Waals surface area contributed by atoms with Gasteiger partial charge < -0.3 is 14.8 Å². The summed E-state index contributed by atoms with van der Waals surface area (Å²) in [5, 5.41) is 9.49. The smallest absolute Gasteiger partial charge is 0.330 e. The number of aryl methyl sites for hydroxylation is 1. The highest BCUT2D eigenvalue weighted by Gasteiger charge is 2.37. The third kappa shape index (κ3) is 3.53. The first-order chi connectivity index (χ1) is 14.7. The van der Waals surface area contributed by atoms with Crippen LogP contribution < -0.4 is 10.2 Å². The number of alkyl halides is 3.